The first-order valence-corrected chi connectivity index (χ1v) is 9.53. The number of piperazine rings is 1. The minimum absolute atomic E-state index is 0.0662. The average Bonchev–Trinajstić information content (AvgIpc) is 3.43. The molecule has 6 heteroatoms. The number of rotatable bonds is 3. The summed E-state index contributed by atoms with van der Waals surface area (Å²) in [5, 5.41) is 0.951. The summed E-state index contributed by atoms with van der Waals surface area (Å²) in [5.41, 5.74) is 1.56. The van der Waals surface area contributed by atoms with E-state index in [1.807, 2.05) is 29.2 Å². The van der Waals surface area contributed by atoms with Crippen LogP contribution in [0.4, 0.5) is 0 Å². The van der Waals surface area contributed by atoms with Crippen molar-refractivity contribution >= 4 is 16.8 Å². The van der Waals surface area contributed by atoms with Crippen LogP contribution in [0.3, 0.4) is 0 Å². The Morgan fingerprint density at radius 2 is 2.15 bits per heavy atom. The Morgan fingerprint density at radius 1 is 1.27 bits per heavy atom. The van der Waals surface area contributed by atoms with Crippen LogP contribution in [0.5, 0.6) is 5.75 Å². The van der Waals surface area contributed by atoms with Gasteiger partial charge in [0, 0.05) is 36.6 Å². The molecule has 1 amide bonds. The SMILES string of the molecule is COc1cccc2[nH]c(C(=O)N3CCN4[C@@H](COC[C@@H]4C4CC4)C3)cc12. The van der Waals surface area contributed by atoms with Crippen molar-refractivity contribution in [3.05, 3.63) is 30.0 Å². The van der Waals surface area contributed by atoms with Crippen LogP contribution in [0.25, 0.3) is 10.9 Å². The van der Waals surface area contributed by atoms with Crippen molar-refractivity contribution in [2.75, 3.05) is 40.0 Å². The van der Waals surface area contributed by atoms with Gasteiger partial charge in [-0.05, 0) is 37.0 Å². The van der Waals surface area contributed by atoms with Crippen LogP contribution in [0, 0.1) is 5.92 Å². The van der Waals surface area contributed by atoms with E-state index >= 15 is 0 Å². The first-order valence-electron chi connectivity index (χ1n) is 9.53. The van der Waals surface area contributed by atoms with Crippen molar-refractivity contribution in [2.45, 2.75) is 24.9 Å². The number of aromatic amines is 1. The average molecular weight is 355 g/mol. The summed E-state index contributed by atoms with van der Waals surface area (Å²) in [5.74, 6) is 1.66. The van der Waals surface area contributed by atoms with Crippen LogP contribution in [0.1, 0.15) is 23.3 Å². The summed E-state index contributed by atoms with van der Waals surface area (Å²) in [7, 11) is 1.65. The molecule has 3 aliphatic rings. The van der Waals surface area contributed by atoms with Crippen molar-refractivity contribution in [1.82, 2.24) is 14.8 Å². The lowest BCUT2D eigenvalue weighted by Gasteiger charge is -2.48. The van der Waals surface area contributed by atoms with Crippen molar-refractivity contribution in [3.63, 3.8) is 0 Å². The number of aromatic nitrogens is 1. The number of nitrogens with zero attached hydrogens (tertiary/aromatic N) is 2. The molecule has 2 saturated heterocycles. The summed E-state index contributed by atoms with van der Waals surface area (Å²) in [4.78, 5) is 20.9. The quantitative estimate of drug-likeness (QED) is 0.916. The summed E-state index contributed by atoms with van der Waals surface area (Å²) in [6.45, 7) is 4.06. The largest absolute Gasteiger partial charge is 0.496 e. The lowest BCUT2D eigenvalue weighted by molar-refractivity contribution is -0.0816. The van der Waals surface area contributed by atoms with Gasteiger partial charge in [0.2, 0.25) is 0 Å². The van der Waals surface area contributed by atoms with Gasteiger partial charge in [-0.3, -0.25) is 9.69 Å². The van der Waals surface area contributed by atoms with Gasteiger partial charge in [0.1, 0.15) is 11.4 Å². The molecule has 138 valence electrons. The first kappa shape index (κ1) is 16.1. The molecule has 26 heavy (non-hydrogen) atoms. The van der Waals surface area contributed by atoms with Gasteiger partial charge in [-0.1, -0.05) is 6.07 Å². The molecule has 1 aromatic heterocycles. The fourth-order valence-electron chi connectivity index (χ4n) is 4.54. The molecule has 1 saturated carbocycles. The lowest BCUT2D eigenvalue weighted by atomic mass is 10.0. The highest BCUT2D eigenvalue weighted by molar-refractivity contribution is 5.99. The highest BCUT2D eigenvalue weighted by Gasteiger charge is 2.43. The van der Waals surface area contributed by atoms with Gasteiger partial charge in [-0.25, -0.2) is 0 Å². The molecule has 0 spiro atoms. The number of nitrogens with one attached hydrogen (secondary N) is 1. The Hall–Kier alpha value is -2.05. The van der Waals surface area contributed by atoms with Gasteiger partial charge in [0.05, 0.1) is 26.4 Å². The van der Waals surface area contributed by atoms with Gasteiger partial charge in [-0.15, -0.1) is 0 Å². The molecule has 1 aliphatic carbocycles. The predicted molar refractivity (Wildman–Crippen MR) is 98.6 cm³/mol. The smallest absolute Gasteiger partial charge is 0.270 e. The maximum atomic E-state index is 13.1. The minimum atomic E-state index is 0.0662. The Morgan fingerprint density at radius 3 is 2.96 bits per heavy atom. The van der Waals surface area contributed by atoms with E-state index in [0.29, 0.717) is 17.8 Å². The molecule has 1 aromatic carbocycles. The molecule has 6 nitrogen and oxygen atoms in total. The number of carbonyl (C=O) groups excluding carboxylic acids is 1. The number of hydrogen-bond donors (Lipinski definition) is 1. The van der Waals surface area contributed by atoms with E-state index in [4.69, 9.17) is 9.47 Å². The van der Waals surface area contributed by atoms with Crippen LogP contribution in [0.2, 0.25) is 0 Å². The predicted octanol–water partition coefficient (Wildman–Crippen LogP) is 2.11. The number of ether oxygens (including phenoxy) is 2. The first-order chi connectivity index (χ1) is 12.7. The third-order valence-electron chi connectivity index (χ3n) is 6.08. The molecular formula is C20H25N3O3. The molecule has 2 aliphatic heterocycles. The lowest BCUT2D eigenvalue weighted by Crippen LogP contribution is -2.63. The number of carbonyl (C=O) groups is 1. The zero-order valence-corrected chi connectivity index (χ0v) is 15.1. The van der Waals surface area contributed by atoms with E-state index < -0.39 is 0 Å². The molecule has 3 heterocycles. The van der Waals surface area contributed by atoms with E-state index in [-0.39, 0.29) is 5.91 Å². The molecule has 2 aromatic rings. The van der Waals surface area contributed by atoms with E-state index in [2.05, 4.69) is 9.88 Å². The number of benzene rings is 1. The van der Waals surface area contributed by atoms with E-state index in [1.54, 1.807) is 7.11 Å². The summed E-state index contributed by atoms with van der Waals surface area (Å²) in [6, 6.07) is 8.62. The summed E-state index contributed by atoms with van der Waals surface area (Å²) in [6.07, 6.45) is 2.66. The highest BCUT2D eigenvalue weighted by atomic mass is 16.5. The fraction of sp³-hybridized carbons (Fsp3) is 0.550. The summed E-state index contributed by atoms with van der Waals surface area (Å²) >= 11 is 0. The Labute approximate surface area is 153 Å². The van der Waals surface area contributed by atoms with Crippen molar-refractivity contribution in [1.29, 1.82) is 0 Å². The third-order valence-corrected chi connectivity index (χ3v) is 6.08. The standard InChI is InChI=1S/C20H25N3O3/c1-25-19-4-2-3-16-15(19)9-17(21-16)20(24)22-7-8-23-14(10-22)11-26-12-18(23)13-5-6-13/h2-4,9,13-14,18,21H,5-8,10-12H2,1H3/t14-,18-/m1/s1. The van der Waals surface area contributed by atoms with Crippen LogP contribution < -0.4 is 4.74 Å². The van der Waals surface area contributed by atoms with Crippen LogP contribution >= 0.6 is 0 Å². The van der Waals surface area contributed by atoms with E-state index in [9.17, 15) is 4.79 Å². The van der Waals surface area contributed by atoms with Crippen molar-refractivity contribution in [2.24, 2.45) is 5.92 Å². The molecule has 1 N–H and O–H groups in total. The van der Waals surface area contributed by atoms with Crippen LogP contribution in [0.15, 0.2) is 24.3 Å². The maximum Gasteiger partial charge on any atom is 0.270 e. The fourth-order valence-corrected chi connectivity index (χ4v) is 4.54. The van der Waals surface area contributed by atoms with Gasteiger partial charge in [0.25, 0.3) is 5.91 Å². The zero-order valence-electron chi connectivity index (χ0n) is 15.1. The van der Waals surface area contributed by atoms with Crippen LogP contribution in [-0.4, -0.2) is 72.7 Å². The molecular weight excluding hydrogens is 330 g/mol. The number of amides is 1. The topological polar surface area (TPSA) is 57.8 Å². The van der Waals surface area contributed by atoms with Crippen molar-refractivity contribution < 1.29 is 14.3 Å². The normalized spacial score (nSPS) is 26.7. The Balaban J connectivity index is 1.35. The highest BCUT2D eigenvalue weighted by Crippen LogP contribution is 2.38. The number of morpholine rings is 1. The third kappa shape index (κ3) is 2.68. The molecule has 5 rings (SSSR count). The second-order valence-corrected chi connectivity index (χ2v) is 7.69. The second-order valence-electron chi connectivity index (χ2n) is 7.69. The second kappa shape index (κ2) is 6.28. The zero-order chi connectivity index (χ0) is 17.7. The van der Waals surface area contributed by atoms with E-state index in [0.717, 1.165) is 55.4 Å². The minimum Gasteiger partial charge on any atom is -0.496 e. The number of methoxy groups -OCH3 is 1. The van der Waals surface area contributed by atoms with Gasteiger partial charge >= 0.3 is 0 Å². The van der Waals surface area contributed by atoms with Gasteiger partial charge in [-0.2, -0.15) is 0 Å². The maximum absolute atomic E-state index is 13.1. The molecule has 0 bridgehead atoms. The molecule has 3 fully saturated rings. The van der Waals surface area contributed by atoms with Crippen molar-refractivity contribution in [3.8, 4) is 5.75 Å². The molecule has 0 unspecified atom stereocenters. The van der Waals surface area contributed by atoms with Crippen LogP contribution in [-0.2, 0) is 4.74 Å². The van der Waals surface area contributed by atoms with Gasteiger partial charge < -0.3 is 19.4 Å². The number of hydrogen-bond acceptors (Lipinski definition) is 4. The molecule has 0 radical (unpaired) electrons. The Kier molecular flexibility index (Phi) is 3.90. The molecule has 2 atom stereocenters. The van der Waals surface area contributed by atoms with E-state index in [1.165, 1.54) is 12.8 Å². The number of fused-ring (bicyclic) bond motifs is 2. The Bertz CT molecular complexity index is 829. The number of H-pyrrole nitrogens is 1. The summed E-state index contributed by atoms with van der Waals surface area (Å²) < 4.78 is 11.3. The monoisotopic (exact) mass is 355 g/mol. The van der Waals surface area contributed by atoms with Gasteiger partial charge in [0.15, 0.2) is 0 Å².